The van der Waals surface area contributed by atoms with E-state index in [9.17, 15) is 9.18 Å². The van der Waals surface area contributed by atoms with E-state index in [0.29, 0.717) is 29.0 Å². The Balaban J connectivity index is 1.62. The third-order valence-corrected chi connectivity index (χ3v) is 4.09. The molecule has 0 saturated heterocycles. The minimum absolute atomic E-state index is 0.311. The van der Waals surface area contributed by atoms with Gasteiger partial charge in [-0.2, -0.15) is 4.98 Å². The highest BCUT2D eigenvalue weighted by atomic mass is 19.1. The van der Waals surface area contributed by atoms with Crippen molar-refractivity contribution in [3.63, 3.8) is 0 Å². The minimum Gasteiger partial charge on any atom is -0.438 e. The molecular formula is C21H16FN5O2. The van der Waals surface area contributed by atoms with Crippen LogP contribution in [-0.4, -0.2) is 16.0 Å². The van der Waals surface area contributed by atoms with Crippen LogP contribution < -0.4 is 21.1 Å². The summed E-state index contributed by atoms with van der Waals surface area (Å²) < 4.78 is 19.0. The molecule has 3 aromatic carbocycles. The average Bonchev–Trinajstić information content (AvgIpc) is 2.72. The first kappa shape index (κ1) is 18.2. The van der Waals surface area contributed by atoms with Gasteiger partial charge in [0.1, 0.15) is 11.6 Å². The molecule has 0 radical (unpaired) electrons. The van der Waals surface area contributed by atoms with Gasteiger partial charge in [0.25, 0.3) is 0 Å². The fourth-order valence-corrected chi connectivity index (χ4v) is 2.84. The lowest BCUT2D eigenvalue weighted by Gasteiger charge is -2.12. The molecule has 1 aromatic heterocycles. The van der Waals surface area contributed by atoms with Gasteiger partial charge in [0, 0.05) is 28.7 Å². The lowest BCUT2D eigenvalue weighted by atomic mass is 10.1. The Bertz CT molecular complexity index is 1180. The molecule has 0 unspecified atom stereocenters. The fourth-order valence-electron chi connectivity index (χ4n) is 2.84. The van der Waals surface area contributed by atoms with Gasteiger partial charge in [-0.3, -0.25) is 0 Å². The molecule has 0 fully saturated rings. The number of nitrogens with two attached hydrogens (primary N) is 1. The van der Waals surface area contributed by atoms with Crippen LogP contribution in [0, 0.1) is 5.82 Å². The van der Waals surface area contributed by atoms with Crippen molar-refractivity contribution in [3.8, 4) is 11.6 Å². The second-order valence-corrected chi connectivity index (χ2v) is 6.10. The molecule has 0 aliphatic carbocycles. The number of anilines is 3. The number of primary amides is 1. The van der Waals surface area contributed by atoms with E-state index in [1.165, 1.54) is 12.1 Å². The number of benzene rings is 3. The highest BCUT2D eigenvalue weighted by Crippen LogP contribution is 2.34. The van der Waals surface area contributed by atoms with Gasteiger partial charge in [-0.1, -0.05) is 24.3 Å². The van der Waals surface area contributed by atoms with Crippen LogP contribution in [-0.2, 0) is 0 Å². The van der Waals surface area contributed by atoms with Gasteiger partial charge >= 0.3 is 6.03 Å². The van der Waals surface area contributed by atoms with Crippen molar-refractivity contribution in [1.82, 2.24) is 9.97 Å². The number of aromatic nitrogens is 2. The van der Waals surface area contributed by atoms with Crippen molar-refractivity contribution in [1.29, 1.82) is 0 Å². The average molecular weight is 389 g/mol. The van der Waals surface area contributed by atoms with Crippen molar-refractivity contribution in [2.45, 2.75) is 0 Å². The minimum atomic E-state index is -0.642. The summed E-state index contributed by atoms with van der Waals surface area (Å²) in [7, 11) is 0. The van der Waals surface area contributed by atoms with Gasteiger partial charge in [0.2, 0.25) is 11.8 Å². The summed E-state index contributed by atoms with van der Waals surface area (Å²) >= 11 is 0. The lowest BCUT2D eigenvalue weighted by molar-refractivity contribution is 0.259. The molecule has 4 aromatic rings. The number of ether oxygens (including phenoxy) is 1. The third kappa shape index (κ3) is 4.22. The molecule has 2 amide bonds. The van der Waals surface area contributed by atoms with E-state index in [1.54, 1.807) is 36.5 Å². The van der Waals surface area contributed by atoms with Crippen LogP contribution in [0.1, 0.15) is 0 Å². The number of halogens is 1. The Labute approximate surface area is 165 Å². The number of amides is 2. The first-order valence-electron chi connectivity index (χ1n) is 8.70. The predicted octanol–water partition coefficient (Wildman–Crippen LogP) is 4.80. The highest BCUT2D eigenvalue weighted by Gasteiger charge is 2.10. The quantitative estimate of drug-likeness (QED) is 0.455. The first-order valence-corrected chi connectivity index (χ1v) is 8.70. The monoisotopic (exact) mass is 389 g/mol. The van der Waals surface area contributed by atoms with Gasteiger partial charge in [0.05, 0.1) is 5.69 Å². The maximum atomic E-state index is 13.0. The molecule has 0 saturated carbocycles. The molecule has 1 heterocycles. The molecule has 144 valence electrons. The summed E-state index contributed by atoms with van der Waals surface area (Å²) in [5.41, 5.74) is 6.47. The SMILES string of the molecule is NC(=O)Nc1ccc(Oc2ccnc(Nc3ccc(F)cc3)n2)c2ccccc12. The van der Waals surface area contributed by atoms with E-state index in [-0.39, 0.29) is 5.82 Å². The van der Waals surface area contributed by atoms with Gasteiger partial charge < -0.3 is 21.1 Å². The zero-order valence-electron chi connectivity index (χ0n) is 15.1. The second-order valence-electron chi connectivity index (χ2n) is 6.10. The number of hydrogen-bond acceptors (Lipinski definition) is 5. The van der Waals surface area contributed by atoms with Crippen molar-refractivity contribution < 1.29 is 13.9 Å². The maximum Gasteiger partial charge on any atom is 0.316 e. The number of nitrogens with zero attached hydrogens (tertiary/aromatic N) is 2. The molecule has 0 aliphatic rings. The molecule has 0 bridgehead atoms. The molecule has 29 heavy (non-hydrogen) atoms. The number of carbonyl (C=O) groups excluding carboxylic acids is 1. The van der Waals surface area contributed by atoms with Gasteiger partial charge in [-0.15, -0.1) is 0 Å². The fraction of sp³-hybridized carbons (Fsp3) is 0. The Morgan fingerprint density at radius 2 is 1.72 bits per heavy atom. The number of fused-ring (bicyclic) bond motifs is 1. The zero-order chi connectivity index (χ0) is 20.2. The summed E-state index contributed by atoms with van der Waals surface area (Å²) in [5, 5.41) is 7.16. The highest BCUT2D eigenvalue weighted by molar-refractivity contribution is 6.03. The van der Waals surface area contributed by atoms with E-state index in [1.807, 2.05) is 24.3 Å². The van der Waals surface area contributed by atoms with E-state index in [2.05, 4.69) is 20.6 Å². The van der Waals surface area contributed by atoms with Crippen LogP contribution in [0.5, 0.6) is 11.6 Å². The van der Waals surface area contributed by atoms with E-state index in [4.69, 9.17) is 10.5 Å². The first-order chi connectivity index (χ1) is 14.1. The van der Waals surface area contributed by atoms with Crippen LogP contribution in [0.4, 0.5) is 26.5 Å². The number of carbonyl (C=O) groups is 1. The molecule has 0 atom stereocenters. The third-order valence-electron chi connectivity index (χ3n) is 4.09. The van der Waals surface area contributed by atoms with E-state index in [0.717, 1.165) is 10.8 Å². The Morgan fingerprint density at radius 1 is 0.966 bits per heavy atom. The van der Waals surface area contributed by atoms with Gasteiger partial charge in [0.15, 0.2) is 0 Å². The smallest absolute Gasteiger partial charge is 0.316 e. The predicted molar refractivity (Wildman–Crippen MR) is 109 cm³/mol. The van der Waals surface area contributed by atoms with Gasteiger partial charge in [-0.05, 0) is 36.4 Å². The number of rotatable bonds is 5. The van der Waals surface area contributed by atoms with Crippen LogP contribution >= 0.6 is 0 Å². The Kier molecular flexibility index (Phi) is 4.90. The van der Waals surface area contributed by atoms with Crippen molar-refractivity contribution in [2.75, 3.05) is 10.6 Å². The lowest BCUT2D eigenvalue weighted by Crippen LogP contribution is -2.19. The zero-order valence-corrected chi connectivity index (χ0v) is 15.1. The number of nitrogens with one attached hydrogen (secondary N) is 2. The molecular weight excluding hydrogens is 373 g/mol. The number of urea groups is 1. The summed E-state index contributed by atoms with van der Waals surface area (Å²) in [4.78, 5) is 19.7. The molecule has 0 aliphatic heterocycles. The van der Waals surface area contributed by atoms with Crippen molar-refractivity contribution >= 4 is 34.1 Å². The molecule has 7 nitrogen and oxygen atoms in total. The van der Waals surface area contributed by atoms with Crippen LogP contribution in [0.3, 0.4) is 0 Å². The van der Waals surface area contributed by atoms with Crippen LogP contribution in [0.25, 0.3) is 10.8 Å². The van der Waals surface area contributed by atoms with E-state index < -0.39 is 6.03 Å². The second kappa shape index (κ2) is 7.81. The Morgan fingerprint density at radius 3 is 2.48 bits per heavy atom. The summed E-state index contributed by atoms with van der Waals surface area (Å²) in [6, 6.07) is 17.7. The van der Waals surface area contributed by atoms with Crippen LogP contribution in [0.2, 0.25) is 0 Å². The largest absolute Gasteiger partial charge is 0.438 e. The van der Waals surface area contributed by atoms with Crippen LogP contribution in [0.15, 0.2) is 72.9 Å². The normalized spacial score (nSPS) is 10.5. The summed E-state index contributed by atoms with van der Waals surface area (Å²) in [6.07, 6.45) is 1.55. The maximum absolute atomic E-state index is 13.0. The molecule has 8 heteroatoms. The Hall–Kier alpha value is -4.20. The molecule has 4 rings (SSSR count). The topological polar surface area (TPSA) is 102 Å². The molecule has 0 spiro atoms. The van der Waals surface area contributed by atoms with E-state index >= 15 is 0 Å². The van der Waals surface area contributed by atoms with Gasteiger partial charge in [-0.25, -0.2) is 14.2 Å². The molecule has 4 N–H and O–H groups in total. The summed E-state index contributed by atoms with van der Waals surface area (Å²) in [5.74, 6) is 0.868. The van der Waals surface area contributed by atoms with Crippen molar-refractivity contribution in [3.05, 3.63) is 78.7 Å². The number of hydrogen-bond donors (Lipinski definition) is 3. The summed E-state index contributed by atoms with van der Waals surface area (Å²) in [6.45, 7) is 0. The van der Waals surface area contributed by atoms with Crippen molar-refractivity contribution in [2.24, 2.45) is 5.73 Å². The standard InChI is InChI=1S/C21H16FN5O2/c22-13-5-7-14(8-6-13)25-21-24-12-11-19(27-21)29-18-10-9-17(26-20(23)28)15-3-1-2-4-16(15)18/h1-12H,(H3,23,26,28)(H,24,25,27).